The van der Waals surface area contributed by atoms with Crippen molar-refractivity contribution in [2.45, 2.75) is 25.5 Å². The number of rotatable bonds is 4. The second-order valence-corrected chi connectivity index (χ2v) is 5.60. The highest BCUT2D eigenvalue weighted by atomic mass is 79.9. The summed E-state index contributed by atoms with van der Waals surface area (Å²) < 4.78 is 6.77. The van der Waals surface area contributed by atoms with Crippen LogP contribution in [0.2, 0.25) is 0 Å². The Balaban J connectivity index is 1.93. The van der Waals surface area contributed by atoms with Crippen molar-refractivity contribution in [2.24, 2.45) is 5.73 Å². The van der Waals surface area contributed by atoms with Gasteiger partial charge < -0.3 is 10.5 Å². The maximum Gasteiger partial charge on any atom is 0.0856 e. The van der Waals surface area contributed by atoms with Crippen molar-refractivity contribution in [1.29, 1.82) is 0 Å². The summed E-state index contributed by atoms with van der Waals surface area (Å²) in [6.45, 7) is 5.96. The van der Waals surface area contributed by atoms with Crippen LogP contribution in [-0.2, 0) is 11.2 Å². The summed E-state index contributed by atoms with van der Waals surface area (Å²) in [5, 5.41) is 0. The van der Waals surface area contributed by atoms with Gasteiger partial charge in [-0.15, -0.1) is 0 Å². The number of hydrogen-bond donors (Lipinski definition) is 1. The van der Waals surface area contributed by atoms with Crippen LogP contribution in [0.15, 0.2) is 22.9 Å². The summed E-state index contributed by atoms with van der Waals surface area (Å²) in [7, 11) is 0. The lowest BCUT2D eigenvalue weighted by molar-refractivity contribution is -0.0385. The second-order valence-electron chi connectivity index (χ2n) is 4.68. The standard InChI is InChI=1S/C13H20BrN3O/c1-2-17-3-4-18-13(9-17)12(15)6-10-5-11(14)8-16-7-10/h5,7-8,12-13H,2-4,6,9,15H2,1H3. The molecule has 18 heavy (non-hydrogen) atoms. The average molecular weight is 314 g/mol. The summed E-state index contributed by atoms with van der Waals surface area (Å²) in [6.07, 6.45) is 4.57. The lowest BCUT2D eigenvalue weighted by atomic mass is 10.0. The Labute approximate surface area is 117 Å². The van der Waals surface area contributed by atoms with Gasteiger partial charge in [0, 0.05) is 36.0 Å². The fourth-order valence-corrected chi connectivity index (χ4v) is 2.66. The van der Waals surface area contributed by atoms with E-state index >= 15 is 0 Å². The monoisotopic (exact) mass is 313 g/mol. The summed E-state index contributed by atoms with van der Waals surface area (Å²) in [5.74, 6) is 0. The first kappa shape index (κ1) is 13.9. The highest BCUT2D eigenvalue weighted by molar-refractivity contribution is 9.10. The van der Waals surface area contributed by atoms with E-state index in [1.165, 1.54) is 0 Å². The third kappa shape index (κ3) is 3.75. The second kappa shape index (κ2) is 6.61. The maximum atomic E-state index is 6.25. The van der Waals surface area contributed by atoms with Gasteiger partial charge >= 0.3 is 0 Å². The first-order valence-electron chi connectivity index (χ1n) is 6.38. The number of likely N-dealkylation sites (N-methyl/N-ethyl adjacent to an activating group) is 1. The maximum absolute atomic E-state index is 6.25. The molecule has 0 aromatic carbocycles. The predicted octanol–water partition coefficient (Wildman–Crippen LogP) is 1.43. The van der Waals surface area contributed by atoms with Gasteiger partial charge in [0.1, 0.15) is 0 Å². The minimum atomic E-state index is 0.0236. The molecule has 5 heteroatoms. The number of aromatic nitrogens is 1. The quantitative estimate of drug-likeness (QED) is 0.913. The topological polar surface area (TPSA) is 51.4 Å². The number of hydrogen-bond acceptors (Lipinski definition) is 4. The van der Waals surface area contributed by atoms with Crippen LogP contribution in [0.5, 0.6) is 0 Å². The molecule has 2 rings (SSSR count). The number of pyridine rings is 1. The molecule has 1 aliphatic rings. The molecule has 4 nitrogen and oxygen atoms in total. The van der Waals surface area contributed by atoms with Crippen molar-refractivity contribution in [1.82, 2.24) is 9.88 Å². The normalized spacial score (nSPS) is 22.9. The highest BCUT2D eigenvalue weighted by Gasteiger charge is 2.25. The Hall–Kier alpha value is -0.490. The van der Waals surface area contributed by atoms with Gasteiger partial charge in [0.2, 0.25) is 0 Å². The largest absolute Gasteiger partial charge is 0.374 e. The first-order valence-corrected chi connectivity index (χ1v) is 7.17. The van der Waals surface area contributed by atoms with Gasteiger partial charge in [0.15, 0.2) is 0 Å². The molecule has 2 heterocycles. The first-order chi connectivity index (χ1) is 8.69. The fourth-order valence-electron chi connectivity index (χ4n) is 2.25. The van der Waals surface area contributed by atoms with E-state index in [-0.39, 0.29) is 12.1 Å². The van der Waals surface area contributed by atoms with Gasteiger partial charge in [-0.05, 0) is 40.5 Å². The minimum Gasteiger partial charge on any atom is -0.374 e. The van der Waals surface area contributed by atoms with Crippen LogP contribution in [0.1, 0.15) is 12.5 Å². The van der Waals surface area contributed by atoms with Crippen LogP contribution in [0.3, 0.4) is 0 Å². The Morgan fingerprint density at radius 3 is 3.17 bits per heavy atom. The van der Waals surface area contributed by atoms with E-state index in [2.05, 4.69) is 38.8 Å². The molecule has 0 spiro atoms. The van der Waals surface area contributed by atoms with Crippen LogP contribution in [0.25, 0.3) is 0 Å². The molecular weight excluding hydrogens is 294 g/mol. The molecule has 1 aliphatic heterocycles. The van der Waals surface area contributed by atoms with Crippen molar-refractivity contribution >= 4 is 15.9 Å². The molecule has 1 saturated heterocycles. The van der Waals surface area contributed by atoms with Crippen molar-refractivity contribution in [3.8, 4) is 0 Å². The Morgan fingerprint density at radius 1 is 1.61 bits per heavy atom. The highest BCUT2D eigenvalue weighted by Crippen LogP contribution is 2.14. The van der Waals surface area contributed by atoms with Crippen molar-refractivity contribution in [3.05, 3.63) is 28.5 Å². The summed E-state index contributed by atoms with van der Waals surface area (Å²) in [4.78, 5) is 6.54. The van der Waals surface area contributed by atoms with E-state index in [9.17, 15) is 0 Å². The molecule has 0 saturated carbocycles. The SMILES string of the molecule is CCN1CCOC(C(N)Cc2cncc(Br)c2)C1. The number of nitrogens with two attached hydrogens (primary N) is 1. The van der Waals surface area contributed by atoms with Gasteiger partial charge in [0.25, 0.3) is 0 Å². The van der Waals surface area contributed by atoms with E-state index in [1.807, 2.05) is 6.20 Å². The lowest BCUT2D eigenvalue weighted by Gasteiger charge is -2.35. The molecule has 2 unspecified atom stereocenters. The summed E-state index contributed by atoms with van der Waals surface area (Å²) in [5.41, 5.74) is 7.40. The molecule has 1 aromatic heterocycles. The average Bonchev–Trinajstić information content (AvgIpc) is 2.39. The van der Waals surface area contributed by atoms with Gasteiger partial charge in [-0.1, -0.05) is 6.92 Å². The minimum absolute atomic E-state index is 0.0236. The zero-order valence-corrected chi connectivity index (χ0v) is 12.3. The van der Waals surface area contributed by atoms with Gasteiger partial charge in [-0.25, -0.2) is 0 Å². The van der Waals surface area contributed by atoms with Crippen LogP contribution in [-0.4, -0.2) is 48.3 Å². The Kier molecular flexibility index (Phi) is 5.12. The van der Waals surface area contributed by atoms with Crippen molar-refractivity contribution in [2.75, 3.05) is 26.2 Å². The summed E-state index contributed by atoms with van der Waals surface area (Å²) >= 11 is 3.43. The fraction of sp³-hybridized carbons (Fsp3) is 0.615. The predicted molar refractivity (Wildman–Crippen MR) is 75.5 cm³/mol. The zero-order valence-electron chi connectivity index (χ0n) is 10.7. The molecule has 100 valence electrons. The van der Waals surface area contributed by atoms with Crippen LogP contribution < -0.4 is 5.73 Å². The van der Waals surface area contributed by atoms with E-state index in [0.29, 0.717) is 0 Å². The van der Waals surface area contributed by atoms with Crippen molar-refractivity contribution in [3.63, 3.8) is 0 Å². The summed E-state index contributed by atoms with van der Waals surface area (Å²) in [6, 6.07) is 2.09. The molecule has 1 aromatic rings. The van der Waals surface area contributed by atoms with E-state index in [0.717, 1.165) is 42.7 Å². The number of halogens is 1. The molecule has 0 bridgehead atoms. The molecule has 0 aliphatic carbocycles. The third-order valence-electron chi connectivity index (χ3n) is 3.34. The van der Waals surface area contributed by atoms with Gasteiger partial charge in [-0.3, -0.25) is 9.88 Å². The Morgan fingerprint density at radius 2 is 2.44 bits per heavy atom. The Bertz CT molecular complexity index is 388. The zero-order chi connectivity index (χ0) is 13.0. The van der Waals surface area contributed by atoms with Gasteiger partial charge in [-0.2, -0.15) is 0 Å². The number of ether oxygens (including phenoxy) is 1. The molecule has 0 radical (unpaired) electrons. The van der Waals surface area contributed by atoms with E-state index < -0.39 is 0 Å². The van der Waals surface area contributed by atoms with Crippen LogP contribution in [0.4, 0.5) is 0 Å². The lowest BCUT2D eigenvalue weighted by Crippen LogP contribution is -2.51. The number of morpholine rings is 1. The molecular formula is C13H20BrN3O. The number of nitrogens with zero attached hydrogens (tertiary/aromatic N) is 2. The van der Waals surface area contributed by atoms with E-state index in [1.54, 1.807) is 6.20 Å². The third-order valence-corrected chi connectivity index (χ3v) is 3.77. The van der Waals surface area contributed by atoms with Crippen LogP contribution in [0, 0.1) is 0 Å². The molecule has 2 atom stereocenters. The molecule has 1 fully saturated rings. The van der Waals surface area contributed by atoms with Crippen molar-refractivity contribution < 1.29 is 4.74 Å². The molecule has 0 amide bonds. The molecule has 2 N–H and O–H groups in total. The smallest absolute Gasteiger partial charge is 0.0856 e. The van der Waals surface area contributed by atoms with Gasteiger partial charge in [0.05, 0.1) is 12.7 Å². The van der Waals surface area contributed by atoms with Crippen LogP contribution >= 0.6 is 15.9 Å². The van der Waals surface area contributed by atoms with E-state index in [4.69, 9.17) is 10.5 Å².